The highest BCUT2D eigenvalue weighted by atomic mass is 16.4. The Labute approximate surface area is 158 Å². The van der Waals surface area contributed by atoms with Crippen molar-refractivity contribution in [2.75, 3.05) is 0 Å². The molecule has 0 rings (SSSR count). The topological polar surface area (TPSA) is 71.4 Å². The van der Waals surface area contributed by atoms with Crippen molar-refractivity contribution < 1.29 is 19.5 Å². The minimum absolute atomic E-state index is 0. The molecule has 0 radical (unpaired) electrons. The quantitative estimate of drug-likeness (QED) is 0.420. The zero-order valence-corrected chi connectivity index (χ0v) is 15.2. The van der Waals surface area contributed by atoms with E-state index in [0.717, 1.165) is 32.1 Å². The molecule has 4 nitrogen and oxygen atoms in total. The molecule has 0 heterocycles. The molecule has 0 amide bonds. The molecule has 0 spiro atoms. The molecule has 0 saturated heterocycles. The summed E-state index contributed by atoms with van der Waals surface area (Å²) in [5.41, 5.74) is 0. The predicted molar refractivity (Wildman–Crippen MR) is 112 cm³/mol. The Morgan fingerprint density at radius 1 is 0.600 bits per heavy atom. The molecule has 0 aliphatic carbocycles. The van der Waals surface area contributed by atoms with Crippen LogP contribution in [0.25, 0.3) is 0 Å². The monoisotopic (exact) mass is 364 g/mol. The third-order valence-electron chi connectivity index (χ3n) is 2.84. The molecular formula is C21H48O4. The molecule has 0 aromatic heterocycles. The number of Topliss-reactive ketones (excluding diaryl/α,β-unsaturated/α-hetero) is 2. The van der Waals surface area contributed by atoms with Gasteiger partial charge in [-0.3, -0.25) is 14.4 Å². The molecule has 0 saturated carbocycles. The summed E-state index contributed by atoms with van der Waals surface area (Å²) in [4.78, 5) is 30.7. The van der Waals surface area contributed by atoms with E-state index in [2.05, 4.69) is 6.92 Å². The van der Waals surface area contributed by atoms with Crippen molar-refractivity contribution in [1.29, 1.82) is 0 Å². The number of hydrogen-bond donors (Lipinski definition) is 1. The van der Waals surface area contributed by atoms with Crippen LogP contribution in [0.1, 0.15) is 121 Å². The standard InChI is InChI=1S/C8H16O.C6H12O.C4H8O2.3CH4/c1-3-5-6-7-8(9)4-2;1-3-5-6(7)4-2;1-2-3-4(5)6;;;/h3-7H2,1-2H3;3-5H2,1-2H3;2-3H2,1H3,(H,5,6);3*1H4. The number of aliphatic carboxylic acids is 1. The Bertz CT molecular complexity index is 273. The number of carbonyl (C=O) groups excluding carboxylic acids is 2. The van der Waals surface area contributed by atoms with Gasteiger partial charge >= 0.3 is 5.97 Å². The lowest BCUT2D eigenvalue weighted by Gasteiger charge is -1.93. The second kappa shape index (κ2) is 34.2. The van der Waals surface area contributed by atoms with Crippen LogP contribution in [0.15, 0.2) is 0 Å². The van der Waals surface area contributed by atoms with Gasteiger partial charge in [0, 0.05) is 32.1 Å². The van der Waals surface area contributed by atoms with Crippen molar-refractivity contribution in [3.63, 3.8) is 0 Å². The van der Waals surface area contributed by atoms with Gasteiger partial charge in [0.25, 0.3) is 0 Å². The molecule has 156 valence electrons. The van der Waals surface area contributed by atoms with Crippen LogP contribution >= 0.6 is 0 Å². The van der Waals surface area contributed by atoms with Crippen molar-refractivity contribution in [3.8, 4) is 0 Å². The molecule has 0 aliphatic rings. The molecule has 25 heavy (non-hydrogen) atoms. The zero-order chi connectivity index (χ0) is 17.8. The number of ketones is 2. The van der Waals surface area contributed by atoms with E-state index in [0.29, 0.717) is 30.8 Å². The average molecular weight is 365 g/mol. The fraction of sp³-hybridized carbons (Fsp3) is 0.857. The first kappa shape index (κ1) is 39.1. The molecule has 0 aromatic rings. The second-order valence-corrected chi connectivity index (χ2v) is 5.14. The predicted octanol–water partition coefficient (Wildman–Crippen LogP) is 7.09. The third-order valence-corrected chi connectivity index (χ3v) is 2.84. The van der Waals surface area contributed by atoms with Gasteiger partial charge in [0.05, 0.1) is 0 Å². The molecule has 0 fully saturated rings. The fourth-order valence-electron chi connectivity index (χ4n) is 1.42. The molecule has 0 aliphatic heterocycles. The van der Waals surface area contributed by atoms with Gasteiger partial charge in [-0.2, -0.15) is 0 Å². The van der Waals surface area contributed by atoms with Gasteiger partial charge in [0.15, 0.2) is 0 Å². The Morgan fingerprint density at radius 3 is 1.20 bits per heavy atom. The maximum Gasteiger partial charge on any atom is 0.303 e. The summed E-state index contributed by atoms with van der Waals surface area (Å²) in [6, 6.07) is 0. The minimum atomic E-state index is -0.711. The van der Waals surface area contributed by atoms with Gasteiger partial charge < -0.3 is 5.11 Å². The lowest BCUT2D eigenvalue weighted by Crippen LogP contribution is -1.93. The summed E-state index contributed by atoms with van der Waals surface area (Å²) >= 11 is 0. The zero-order valence-electron chi connectivity index (χ0n) is 15.2. The lowest BCUT2D eigenvalue weighted by atomic mass is 10.1. The lowest BCUT2D eigenvalue weighted by molar-refractivity contribution is -0.137. The van der Waals surface area contributed by atoms with E-state index in [4.69, 9.17) is 5.11 Å². The highest BCUT2D eigenvalue weighted by Crippen LogP contribution is 2.00. The Balaban J connectivity index is -0.0000000521. The Hall–Kier alpha value is -1.19. The third kappa shape index (κ3) is 51.8. The van der Waals surface area contributed by atoms with E-state index < -0.39 is 5.97 Å². The molecule has 1 N–H and O–H groups in total. The van der Waals surface area contributed by atoms with Gasteiger partial charge in [-0.05, 0) is 19.3 Å². The van der Waals surface area contributed by atoms with E-state index in [1.807, 2.05) is 27.7 Å². The number of hydrogen-bond acceptors (Lipinski definition) is 3. The second-order valence-electron chi connectivity index (χ2n) is 5.14. The van der Waals surface area contributed by atoms with Gasteiger partial charge in [-0.15, -0.1) is 0 Å². The number of carboxylic acid groups (broad SMARTS) is 1. The van der Waals surface area contributed by atoms with Crippen LogP contribution in [0, 0.1) is 0 Å². The van der Waals surface area contributed by atoms with Gasteiger partial charge in [-0.1, -0.05) is 69.7 Å². The maximum atomic E-state index is 10.7. The first-order chi connectivity index (χ1) is 10.4. The largest absolute Gasteiger partial charge is 0.481 e. The van der Waals surface area contributed by atoms with Crippen molar-refractivity contribution >= 4 is 17.5 Å². The van der Waals surface area contributed by atoms with Gasteiger partial charge in [0.2, 0.25) is 0 Å². The van der Waals surface area contributed by atoms with Crippen molar-refractivity contribution in [3.05, 3.63) is 0 Å². The Kier molecular flexibility index (Phi) is 53.4. The number of unbranched alkanes of at least 4 members (excludes halogenated alkanes) is 2. The van der Waals surface area contributed by atoms with E-state index in [1.165, 1.54) is 12.8 Å². The summed E-state index contributed by atoms with van der Waals surface area (Å²) in [6.45, 7) is 9.84. The van der Waals surface area contributed by atoms with Gasteiger partial charge in [-0.25, -0.2) is 0 Å². The fourth-order valence-corrected chi connectivity index (χ4v) is 1.42. The summed E-state index contributed by atoms with van der Waals surface area (Å²) in [5.74, 6) is 0.0726. The first-order valence-electron chi connectivity index (χ1n) is 8.64. The molecule has 0 bridgehead atoms. The normalized spacial score (nSPS) is 7.88. The molecule has 0 unspecified atom stereocenters. The smallest absolute Gasteiger partial charge is 0.303 e. The summed E-state index contributed by atoms with van der Waals surface area (Å²) in [5, 5.41) is 7.91. The van der Waals surface area contributed by atoms with Gasteiger partial charge in [0.1, 0.15) is 11.6 Å². The van der Waals surface area contributed by atoms with E-state index >= 15 is 0 Å². The molecule has 4 heteroatoms. The van der Waals surface area contributed by atoms with E-state index in [-0.39, 0.29) is 22.3 Å². The summed E-state index contributed by atoms with van der Waals surface area (Å²) < 4.78 is 0. The number of rotatable bonds is 10. The van der Waals surface area contributed by atoms with Crippen LogP contribution < -0.4 is 0 Å². The average Bonchev–Trinajstić information content (AvgIpc) is 2.48. The summed E-state index contributed by atoms with van der Waals surface area (Å²) in [7, 11) is 0. The van der Waals surface area contributed by atoms with E-state index in [9.17, 15) is 14.4 Å². The van der Waals surface area contributed by atoms with Crippen molar-refractivity contribution in [2.45, 2.75) is 121 Å². The number of carboxylic acids is 1. The van der Waals surface area contributed by atoms with Crippen LogP contribution in [0.5, 0.6) is 0 Å². The van der Waals surface area contributed by atoms with Crippen molar-refractivity contribution in [2.24, 2.45) is 0 Å². The van der Waals surface area contributed by atoms with Crippen LogP contribution in [0.3, 0.4) is 0 Å². The molecular weight excluding hydrogens is 316 g/mol. The van der Waals surface area contributed by atoms with Crippen LogP contribution in [-0.2, 0) is 14.4 Å². The van der Waals surface area contributed by atoms with Crippen molar-refractivity contribution in [1.82, 2.24) is 0 Å². The molecule has 0 atom stereocenters. The SMILES string of the molecule is C.C.C.CCCC(=O)CC.CCCC(=O)O.CCCCCC(=O)CC. The maximum absolute atomic E-state index is 10.7. The highest BCUT2D eigenvalue weighted by Gasteiger charge is 1.95. The Morgan fingerprint density at radius 2 is 1.00 bits per heavy atom. The van der Waals surface area contributed by atoms with Crippen LogP contribution in [-0.4, -0.2) is 22.6 Å². The van der Waals surface area contributed by atoms with E-state index in [1.54, 1.807) is 0 Å². The van der Waals surface area contributed by atoms with Crippen LogP contribution in [0.2, 0.25) is 0 Å². The molecule has 0 aromatic carbocycles. The highest BCUT2D eigenvalue weighted by molar-refractivity contribution is 5.78. The minimum Gasteiger partial charge on any atom is -0.481 e. The number of carbonyl (C=O) groups is 3. The summed E-state index contributed by atoms with van der Waals surface area (Å²) in [6.07, 6.45) is 8.48. The van der Waals surface area contributed by atoms with Crippen LogP contribution in [0.4, 0.5) is 0 Å². The first-order valence-corrected chi connectivity index (χ1v) is 8.64.